The van der Waals surface area contributed by atoms with Crippen molar-refractivity contribution in [3.05, 3.63) is 0 Å². The topological polar surface area (TPSA) is 86.7 Å². The second-order valence-corrected chi connectivity index (χ2v) is 6.50. The zero-order valence-corrected chi connectivity index (χ0v) is 11.6. The summed E-state index contributed by atoms with van der Waals surface area (Å²) < 4.78 is 25.6. The summed E-state index contributed by atoms with van der Waals surface area (Å²) in [4.78, 5) is 12.6. The molecule has 2 N–H and O–H groups in total. The van der Waals surface area contributed by atoms with E-state index in [-0.39, 0.29) is 18.6 Å². The lowest BCUT2D eigenvalue weighted by Crippen LogP contribution is -2.37. The van der Waals surface area contributed by atoms with E-state index in [2.05, 4.69) is 16.5 Å². The molecule has 1 rings (SSSR count). The molecule has 7 heteroatoms. The summed E-state index contributed by atoms with van der Waals surface area (Å²) in [5.74, 6) is -1.08. The van der Waals surface area contributed by atoms with Gasteiger partial charge in [-0.2, -0.15) is 0 Å². The van der Waals surface area contributed by atoms with E-state index in [1.807, 2.05) is 0 Å². The zero-order chi connectivity index (χ0) is 13.6. The summed E-state index contributed by atoms with van der Waals surface area (Å²) >= 11 is 0. The molecule has 106 valence electrons. The highest BCUT2D eigenvalue weighted by Crippen LogP contribution is 2.25. The van der Waals surface area contributed by atoms with Crippen LogP contribution in [0.4, 0.5) is 0 Å². The molecule has 1 fully saturated rings. The van der Waals surface area contributed by atoms with Crippen LogP contribution in [0.25, 0.3) is 0 Å². The van der Waals surface area contributed by atoms with Crippen LogP contribution in [0.15, 0.2) is 0 Å². The van der Waals surface area contributed by atoms with E-state index < -0.39 is 16.0 Å². The molecule has 0 aromatic carbocycles. The molecule has 0 aromatic heterocycles. The number of aliphatic carboxylic acids is 1. The van der Waals surface area contributed by atoms with Gasteiger partial charge in [0.05, 0.1) is 5.75 Å². The fourth-order valence-electron chi connectivity index (χ4n) is 1.87. The minimum Gasteiger partial charge on any atom is -0.481 e. The molecule has 18 heavy (non-hydrogen) atoms. The van der Waals surface area contributed by atoms with E-state index in [1.165, 1.54) is 12.8 Å². The average Bonchev–Trinajstić information content (AvgIpc) is 3.07. The number of hydrogen-bond acceptors (Lipinski definition) is 4. The maximum absolute atomic E-state index is 11.5. The third-order valence-corrected chi connectivity index (χ3v) is 4.46. The molecule has 0 aromatic rings. The molecule has 6 nitrogen and oxygen atoms in total. The minimum absolute atomic E-state index is 0.107. The number of carboxylic acid groups (broad SMARTS) is 1. The predicted molar refractivity (Wildman–Crippen MR) is 68.9 cm³/mol. The summed E-state index contributed by atoms with van der Waals surface area (Å²) in [6.45, 7) is 4.13. The molecule has 0 saturated heterocycles. The first-order valence-electron chi connectivity index (χ1n) is 6.38. The van der Waals surface area contributed by atoms with Crippen LogP contribution in [0.2, 0.25) is 0 Å². The van der Waals surface area contributed by atoms with Gasteiger partial charge >= 0.3 is 5.97 Å². The summed E-state index contributed by atoms with van der Waals surface area (Å²) in [5.41, 5.74) is 0. The van der Waals surface area contributed by atoms with Crippen molar-refractivity contribution in [2.24, 2.45) is 0 Å². The number of sulfonamides is 1. The lowest BCUT2D eigenvalue weighted by Gasteiger charge is -2.19. The van der Waals surface area contributed by atoms with Gasteiger partial charge in [0.15, 0.2) is 0 Å². The number of carbonyl (C=O) groups is 1. The largest absolute Gasteiger partial charge is 0.481 e. The van der Waals surface area contributed by atoms with Crippen LogP contribution < -0.4 is 4.72 Å². The lowest BCUT2D eigenvalue weighted by atomic mass is 10.3. The standard InChI is InChI=1S/C11H22N2O4S/c1-2-13(10-5-6-10)8-7-12-18(16,17)9-3-4-11(14)15/h10,12H,2-9H2,1H3,(H,14,15). The second kappa shape index (κ2) is 7.06. The molecule has 1 aliphatic carbocycles. The molecule has 0 radical (unpaired) electrons. The molecular formula is C11H22N2O4S. The van der Waals surface area contributed by atoms with Crippen LogP contribution in [-0.4, -0.2) is 55.8 Å². The SMILES string of the molecule is CCN(CCNS(=O)(=O)CCCC(=O)O)C1CC1. The quantitative estimate of drug-likeness (QED) is 0.598. The molecular weight excluding hydrogens is 256 g/mol. The molecule has 0 amide bonds. The summed E-state index contributed by atoms with van der Waals surface area (Å²) in [6.07, 6.45) is 2.47. The number of likely N-dealkylation sites (N-methyl/N-ethyl adjacent to an activating group) is 1. The highest BCUT2D eigenvalue weighted by atomic mass is 32.2. The first-order valence-corrected chi connectivity index (χ1v) is 8.03. The van der Waals surface area contributed by atoms with Crippen LogP contribution in [0, 0.1) is 0 Å². The Labute approximate surface area is 108 Å². The van der Waals surface area contributed by atoms with E-state index in [0.717, 1.165) is 13.1 Å². The molecule has 0 unspecified atom stereocenters. The van der Waals surface area contributed by atoms with E-state index in [9.17, 15) is 13.2 Å². The van der Waals surface area contributed by atoms with E-state index >= 15 is 0 Å². The Morgan fingerprint density at radius 2 is 2.11 bits per heavy atom. The van der Waals surface area contributed by atoms with Crippen molar-refractivity contribution in [3.63, 3.8) is 0 Å². The van der Waals surface area contributed by atoms with Crippen LogP contribution >= 0.6 is 0 Å². The number of rotatable bonds is 10. The van der Waals surface area contributed by atoms with Crippen LogP contribution in [-0.2, 0) is 14.8 Å². The van der Waals surface area contributed by atoms with Gasteiger partial charge in [-0.3, -0.25) is 9.69 Å². The Morgan fingerprint density at radius 3 is 2.61 bits per heavy atom. The molecule has 0 heterocycles. The Balaban J connectivity index is 2.17. The predicted octanol–water partition coefficient (Wildman–Crippen LogP) is 0.255. The average molecular weight is 278 g/mol. The maximum atomic E-state index is 11.5. The van der Waals surface area contributed by atoms with E-state index in [4.69, 9.17) is 5.11 Å². The second-order valence-electron chi connectivity index (χ2n) is 4.57. The van der Waals surface area contributed by atoms with Crippen molar-refractivity contribution >= 4 is 16.0 Å². The molecule has 0 atom stereocenters. The van der Waals surface area contributed by atoms with Gasteiger partial charge in [0.1, 0.15) is 0 Å². The Kier molecular flexibility index (Phi) is 6.04. The van der Waals surface area contributed by atoms with Crippen molar-refractivity contribution in [2.75, 3.05) is 25.4 Å². The van der Waals surface area contributed by atoms with Gasteiger partial charge in [-0.1, -0.05) is 6.92 Å². The van der Waals surface area contributed by atoms with Gasteiger partial charge in [-0.25, -0.2) is 13.1 Å². The fraction of sp³-hybridized carbons (Fsp3) is 0.909. The van der Waals surface area contributed by atoms with Crippen LogP contribution in [0.5, 0.6) is 0 Å². The smallest absolute Gasteiger partial charge is 0.303 e. The highest BCUT2D eigenvalue weighted by molar-refractivity contribution is 7.89. The first-order chi connectivity index (χ1) is 8.44. The van der Waals surface area contributed by atoms with Crippen molar-refractivity contribution in [1.82, 2.24) is 9.62 Å². The molecule has 0 spiro atoms. The van der Waals surface area contributed by atoms with Gasteiger partial charge in [-0.05, 0) is 25.8 Å². The monoisotopic (exact) mass is 278 g/mol. The van der Waals surface area contributed by atoms with Crippen molar-refractivity contribution in [3.8, 4) is 0 Å². The third-order valence-electron chi connectivity index (χ3n) is 2.99. The Bertz CT molecular complexity index is 365. The van der Waals surface area contributed by atoms with Crippen molar-refractivity contribution < 1.29 is 18.3 Å². The molecule has 1 saturated carbocycles. The number of nitrogens with one attached hydrogen (secondary N) is 1. The maximum Gasteiger partial charge on any atom is 0.303 e. The molecule has 1 aliphatic rings. The summed E-state index contributed by atoms with van der Waals surface area (Å²) in [5, 5.41) is 8.44. The number of hydrogen-bond donors (Lipinski definition) is 2. The molecule has 0 bridgehead atoms. The normalized spacial score (nSPS) is 16.1. The van der Waals surface area contributed by atoms with E-state index in [0.29, 0.717) is 12.6 Å². The van der Waals surface area contributed by atoms with Gasteiger partial charge in [0, 0.05) is 25.6 Å². The van der Waals surface area contributed by atoms with Crippen molar-refractivity contribution in [2.45, 2.75) is 38.6 Å². The lowest BCUT2D eigenvalue weighted by molar-refractivity contribution is -0.137. The Morgan fingerprint density at radius 1 is 1.44 bits per heavy atom. The highest BCUT2D eigenvalue weighted by Gasteiger charge is 2.27. The summed E-state index contributed by atoms with van der Waals surface area (Å²) in [7, 11) is -3.33. The minimum atomic E-state index is -3.33. The fourth-order valence-corrected chi connectivity index (χ4v) is 2.94. The number of nitrogens with zero attached hydrogens (tertiary/aromatic N) is 1. The summed E-state index contributed by atoms with van der Waals surface area (Å²) in [6, 6.07) is 0.631. The van der Waals surface area contributed by atoms with Gasteiger partial charge in [-0.15, -0.1) is 0 Å². The van der Waals surface area contributed by atoms with Crippen LogP contribution in [0.1, 0.15) is 32.6 Å². The zero-order valence-electron chi connectivity index (χ0n) is 10.8. The first kappa shape index (κ1) is 15.4. The van der Waals surface area contributed by atoms with Gasteiger partial charge < -0.3 is 5.11 Å². The van der Waals surface area contributed by atoms with Crippen LogP contribution in [0.3, 0.4) is 0 Å². The van der Waals surface area contributed by atoms with E-state index in [1.54, 1.807) is 0 Å². The Hall–Kier alpha value is -0.660. The van der Waals surface area contributed by atoms with Gasteiger partial charge in [0.25, 0.3) is 0 Å². The van der Waals surface area contributed by atoms with Crippen molar-refractivity contribution in [1.29, 1.82) is 0 Å². The molecule has 0 aliphatic heterocycles. The van der Waals surface area contributed by atoms with Gasteiger partial charge in [0.2, 0.25) is 10.0 Å². The third kappa shape index (κ3) is 6.32. The number of carboxylic acids is 1.